The number of rotatable bonds is 2. The zero-order valence-electron chi connectivity index (χ0n) is 10.1. The Labute approximate surface area is 102 Å². The summed E-state index contributed by atoms with van der Waals surface area (Å²) < 4.78 is 0. The van der Waals surface area contributed by atoms with Crippen molar-refractivity contribution in [1.29, 1.82) is 0 Å². The second-order valence-electron chi connectivity index (χ2n) is 4.52. The molecule has 1 aromatic rings. The Hall–Kier alpha value is -1.55. The first-order chi connectivity index (χ1) is 8.20. The van der Waals surface area contributed by atoms with Crippen LogP contribution in [0, 0.1) is 6.92 Å². The molecule has 1 unspecified atom stereocenters. The van der Waals surface area contributed by atoms with E-state index in [0.29, 0.717) is 6.54 Å². The van der Waals surface area contributed by atoms with Crippen molar-refractivity contribution in [2.24, 2.45) is 5.73 Å². The summed E-state index contributed by atoms with van der Waals surface area (Å²) in [5, 5.41) is 2.92. The SMILES string of the molecule is Cc1cccc(NC(=O)N2CCCC2CN)c1. The molecule has 0 saturated carbocycles. The Morgan fingerprint density at radius 2 is 2.41 bits per heavy atom. The number of carbonyl (C=O) groups is 1. The number of aryl methyl sites for hydroxylation is 1. The Bertz CT molecular complexity index is 405. The molecule has 4 heteroatoms. The van der Waals surface area contributed by atoms with E-state index in [1.165, 1.54) is 0 Å². The fourth-order valence-electron chi connectivity index (χ4n) is 2.27. The van der Waals surface area contributed by atoms with Crippen LogP contribution in [-0.2, 0) is 0 Å². The molecule has 17 heavy (non-hydrogen) atoms. The Kier molecular flexibility index (Phi) is 3.64. The number of amides is 2. The van der Waals surface area contributed by atoms with E-state index in [4.69, 9.17) is 5.73 Å². The standard InChI is InChI=1S/C13H19N3O/c1-10-4-2-5-11(8-10)15-13(17)16-7-3-6-12(16)9-14/h2,4-5,8,12H,3,6-7,9,14H2,1H3,(H,15,17). The van der Waals surface area contributed by atoms with Crippen LogP contribution in [0.5, 0.6) is 0 Å². The van der Waals surface area contributed by atoms with E-state index < -0.39 is 0 Å². The third-order valence-electron chi connectivity index (χ3n) is 3.18. The molecule has 1 saturated heterocycles. The van der Waals surface area contributed by atoms with Crippen molar-refractivity contribution in [3.63, 3.8) is 0 Å². The van der Waals surface area contributed by atoms with E-state index in [2.05, 4.69) is 5.32 Å². The number of urea groups is 1. The minimum absolute atomic E-state index is 0.0384. The summed E-state index contributed by atoms with van der Waals surface area (Å²) >= 11 is 0. The van der Waals surface area contributed by atoms with Crippen LogP contribution < -0.4 is 11.1 Å². The van der Waals surface area contributed by atoms with Gasteiger partial charge in [0.15, 0.2) is 0 Å². The van der Waals surface area contributed by atoms with Crippen LogP contribution in [0.25, 0.3) is 0 Å². The number of anilines is 1. The minimum atomic E-state index is -0.0384. The number of hydrogen-bond donors (Lipinski definition) is 2. The van der Waals surface area contributed by atoms with Gasteiger partial charge in [-0.2, -0.15) is 0 Å². The summed E-state index contributed by atoms with van der Waals surface area (Å²) in [6, 6.07) is 7.97. The van der Waals surface area contributed by atoms with Gasteiger partial charge < -0.3 is 16.0 Å². The maximum Gasteiger partial charge on any atom is 0.322 e. The van der Waals surface area contributed by atoms with E-state index >= 15 is 0 Å². The lowest BCUT2D eigenvalue weighted by molar-refractivity contribution is 0.208. The normalized spacial score (nSPS) is 19.4. The Morgan fingerprint density at radius 1 is 1.59 bits per heavy atom. The van der Waals surface area contributed by atoms with Gasteiger partial charge in [-0.05, 0) is 37.5 Å². The van der Waals surface area contributed by atoms with Gasteiger partial charge in [0, 0.05) is 24.8 Å². The van der Waals surface area contributed by atoms with Crippen molar-refractivity contribution < 1.29 is 4.79 Å². The summed E-state index contributed by atoms with van der Waals surface area (Å²) in [5.41, 5.74) is 7.64. The first-order valence-electron chi connectivity index (χ1n) is 6.05. The maximum absolute atomic E-state index is 12.1. The van der Waals surface area contributed by atoms with Crippen LogP contribution in [0.1, 0.15) is 18.4 Å². The van der Waals surface area contributed by atoms with Crippen molar-refractivity contribution in [1.82, 2.24) is 4.90 Å². The summed E-state index contributed by atoms with van der Waals surface area (Å²) in [6.45, 7) is 3.36. The molecule has 0 radical (unpaired) electrons. The molecular weight excluding hydrogens is 214 g/mol. The zero-order valence-corrected chi connectivity index (χ0v) is 10.1. The van der Waals surface area contributed by atoms with Gasteiger partial charge in [-0.1, -0.05) is 12.1 Å². The third-order valence-corrected chi connectivity index (χ3v) is 3.18. The first kappa shape index (κ1) is 11.9. The first-order valence-corrected chi connectivity index (χ1v) is 6.05. The molecule has 1 aromatic carbocycles. The molecule has 3 N–H and O–H groups in total. The van der Waals surface area contributed by atoms with Crippen LogP contribution in [0.3, 0.4) is 0 Å². The van der Waals surface area contributed by atoms with E-state index in [9.17, 15) is 4.79 Å². The molecule has 0 spiro atoms. The number of carbonyl (C=O) groups excluding carboxylic acids is 1. The van der Waals surface area contributed by atoms with Crippen LogP contribution in [-0.4, -0.2) is 30.1 Å². The lowest BCUT2D eigenvalue weighted by atomic mass is 10.2. The number of nitrogens with one attached hydrogen (secondary N) is 1. The smallest absolute Gasteiger partial charge is 0.322 e. The van der Waals surface area contributed by atoms with Gasteiger partial charge in [0.25, 0.3) is 0 Å². The molecule has 0 bridgehead atoms. The molecule has 92 valence electrons. The highest BCUT2D eigenvalue weighted by atomic mass is 16.2. The Balaban J connectivity index is 2.01. The maximum atomic E-state index is 12.1. The van der Waals surface area contributed by atoms with Gasteiger partial charge in [-0.3, -0.25) is 0 Å². The van der Waals surface area contributed by atoms with E-state index in [1.807, 2.05) is 36.1 Å². The molecule has 2 rings (SSSR count). The highest BCUT2D eigenvalue weighted by molar-refractivity contribution is 5.89. The van der Waals surface area contributed by atoms with Crippen LogP contribution >= 0.6 is 0 Å². The summed E-state index contributed by atoms with van der Waals surface area (Å²) in [7, 11) is 0. The fourth-order valence-corrected chi connectivity index (χ4v) is 2.27. The van der Waals surface area contributed by atoms with Crippen molar-refractivity contribution in [2.45, 2.75) is 25.8 Å². The number of nitrogens with zero attached hydrogens (tertiary/aromatic N) is 1. The molecule has 0 aromatic heterocycles. The lowest BCUT2D eigenvalue weighted by Crippen LogP contribution is -2.42. The monoisotopic (exact) mass is 233 g/mol. The second-order valence-corrected chi connectivity index (χ2v) is 4.52. The number of benzene rings is 1. The molecular formula is C13H19N3O. The predicted octanol–water partition coefficient (Wildman–Crippen LogP) is 1.95. The van der Waals surface area contributed by atoms with Gasteiger partial charge >= 0.3 is 6.03 Å². The molecule has 1 fully saturated rings. The predicted molar refractivity (Wildman–Crippen MR) is 69.0 cm³/mol. The molecule has 2 amide bonds. The summed E-state index contributed by atoms with van der Waals surface area (Å²) in [6.07, 6.45) is 2.06. The minimum Gasteiger partial charge on any atom is -0.328 e. The van der Waals surface area contributed by atoms with Gasteiger partial charge in [0.2, 0.25) is 0 Å². The molecule has 1 atom stereocenters. The van der Waals surface area contributed by atoms with E-state index in [-0.39, 0.29) is 12.1 Å². The fraction of sp³-hybridized carbons (Fsp3) is 0.462. The number of likely N-dealkylation sites (tertiary alicyclic amines) is 1. The average Bonchev–Trinajstić information content (AvgIpc) is 2.77. The Morgan fingerprint density at radius 3 is 3.12 bits per heavy atom. The van der Waals surface area contributed by atoms with Gasteiger partial charge in [-0.25, -0.2) is 4.79 Å². The average molecular weight is 233 g/mol. The van der Waals surface area contributed by atoms with Crippen LogP contribution in [0.4, 0.5) is 10.5 Å². The highest BCUT2D eigenvalue weighted by Gasteiger charge is 2.27. The van der Waals surface area contributed by atoms with Gasteiger partial charge in [0.1, 0.15) is 0 Å². The summed E-state index contributed by atoms with van der Waals surface area (Å²) in [4.78, 5) is 13.9. The number of hydrogen-bond acceptors (Lipinski definition) is 2. The molecule has 1 aliphatic heterocycles. The van der Waals surface area contributed by atoms with E-state index in [0.717, 1.165) is 30.6 Å². The quantitative estimate of drug-likeness (QED) is 0.820. The van der Waals surface area contributed by atoms with Gasteiger partial charge in [0.05, 0.1) is 0 Å². The topological polar surface area (TPSA) is 58.4 Å². The van der Waals surface area contributed by atoms with Crippen LogP contribution in [0.2, 0.25) is 0 Å². The number of nitrogens with two attached hydrogens (primary N) is 1. The second kappa shape index (κ2) is 5.19. The molecule has 4 nitrogen and oxygen atoms in total. The van der Waals surface area contributed by atoms with Gasteiger partial charge in [-0.15, -0.1) is 0 Å². The van der Waals surface area contributed by atoms with Crippen molar-refractivity contribution in [3.8, 4) is 0 Å². The third kappa shape index (κ3) is 2.77. The molecule has 0 aliphatic carbocycles. The van der Waals surface area contributed by atoms with E-state index in [1.54, 1.807) is 0 Å². The largest absolute Gasteiger partial charge is 0.328 e. The highest BCUT2D eigenvalue weighted by Crippen LogP contribution is 2.18. The zero-order chi connectivity index (χ0) is 12.3. The van der Waals surface area contributed by atoms with Crippen molar-refractivity contribution in [2.75, 3.05) is 18.4 Å². The van der Waals surface area contributed by atoms with Crippen molar-refractivity contribution in [3.05, 3.63) is 29.8 Å². The van der Waals surface area contributed by atoms with Crippen LogP contribution in [0.15, 0.2) is 24.3 Å². The molecule has 1 aliphatic rings. The molecule has 1 heterocycles. The van der Waals surface area contributed by atoms with Crippen molar-refractivity contribution >= 4 is 11.7 Å². The summed E-state index contributed by atoms with van der Waals surface area (Å²) in [5.74, 6) is 0. The lowest BCUT2D eigenvalue weighted by Gasteiger charge is -2.23.